The largest absolute Gasteiger partial charge is 0.459 e. The van der Waals surface area contributed by atoms with Crippen LogP contribution in [0.25, 0.3) is 0 Å². The van der Waals surface area contributed by atoms with Gasteiger partial charge in [-0.15, -0.1) is 6.58 Å². The first kappa shape index (κ1) is 44.5. The number of oxime groups is 1. The molecule has 1 heterocycles. The number of rotatable bonds is 21. The number of ether oxygens (including phenoxy) is 4. The van der Waals surface area contributed by atoms with Crippen LogP contribution in [0.5, 0.6) is 17.2 Å². The molecule has 2 aliphatic carbocycles. The zero-order chi connectivity index (χ0) is 42.6. The number of benzene rings is 3. The number of hydrogen-bond acceptors (Lipinski definition) is 11. The van der Waals surface area contributed by atoms with Gasteiger partial charge >= 0.3 is 0 Å². The summed E-state index contributed by atoms with van der Waals surface area (Å²) in [4.78, 5) is 22.2. The van der Waals surface area contributed by atoms with Crippen molar-refractivity contribution in [3.8, 4) is 23.3 Å². The molecule has 3 aliphatic rings. The normalized spacial score (nSPS) is 23.4. The monoisotopic (exact) mass is 821 g/mol. The molecule has 3 aromatic rings. The molecule has 320 valence electrons. The van der Waals surface area contributed by atoms with E-state index >= 15 is 0 Å². The molecule has 60 heavy (non-hydrogen) atoms. The van der Waals surface area contributed by atoms with E-state index in [1.807, 2.05) is 30.3 Å². The number of aliphatic hydroxyl groups is 3. The van der Waals surface area contributed by atoms with Gasteiger partial charge in [0.2, 0.25) is 5.79 Å². The molecule has 3 aromatic carbocycles. The van der Waals surface area contributed by atoms with Crippen LogP contribution in [0.1, 0.15) is 83.5 Å². The molecule has 3 N–H and O–H groups in total. The van der Waals surface area contributed by atoms with Gasteiger partial charge in [-0.2, -0.15) is 5.26 Å². The number of hydrogen-bond donors (Lipinski definition) is 3. The van der Waals surface area contributed by atoms with Crippen LogP contribution >= 0.6 is 0 Å². The Morgan fingerprint density at radius 3 is 2.38 bits per heavy atom. The van der Waals surface area contributed by atoms with Crippen LogP contribution in [0, 0.1) is 42.9 Å². The molecule has 1 amide bonds. The Morgan fingerprint density at radius 1 is 0.967 bits per heavy atom. The fraction of sp³-hybridized carbons (Fsp3) is 0.479. The minimum absolute atomic E-state index is 0.0355. The van der Waals surface area contributed by atoms with Gasteiger partial charge in [-0.25, -0.2) is 0 Å². The third-order valence-electron chi connectivity index (χ3n) is 12.2. The minimum atomic E-state index is -1.47. The van der Waals surface area contributed by atoms with Gasteiger partial charge in [0, 0.05) is 43.2 Å². The van der Waals surface area contributed by atoms with E-state index in [9.17, 15) is 25.4 Å². The third kappa shape index (κ3) is 9.62. The fourth-order valence-electron chi connectivity index (χ4n) is 9.32. The molecule has 0 aromatic heterocycles. The average Bonchev–Trinajstić information content (AvgIpc) is 3.26. The topological polar surface area (TPSA) is 163 Å². The van der Waals surface area contributed by atoms with Crippen molar-refractivity contribution in [1.82, 2.24) is 4.90 Å². The molecular weight excluding hydrogens is 763 g/mol. The second-order valence-corrected chi connectivity index (χ2v) is 15.8. The lowest BCUT2D eigenvalue weighted by molar-refractivity contribution is -0.254. The highest BCUT2D eigenvalue weighted by Gasteiger charge is 2.65. The predicted molar refractivity (Wildman–Crippen MR) is 228 cm³/mol. The van der Waals surface area contributed by atoms with E-state index in [1.54, 1.807) is 35.2 Å². The van der Waals surface area contributed by atoms with Gasteiger partial charge in [-0.1, -0.05) is 36.2 Å². The van der Waals surface area contributed by atoms with Gasteiger partial charge in [0.05, 0.1) is 49.7 Å². The van der Waals surface area contributed by atoms with Crippen LogP contribution < -0.4 is 9.47 Å². The van der Waals surface area contributed by atoms with Gasteiger partial charge in [0.15, 0.2) is 0 Å². The summed E-state index contributed by atoms with van der Waals surface area (Å²) in [5, 5.41) is 43.5. The molecule has 0 radical (unpaired) electrons. The molecule has 6 unspecified atom stereocenters. The highest BCUT2D eigenvalue weighted by Crippen LogP contribution is 2.62. The van der Waals surface area contributed by atoms with Crippen molar-refractivity contribution in [2.45, 2.75) is 76.5 Å². The second kappa shape index (κ2) is 21.0. The SMILES string of the molecule is C=CCOC12Oc3ccc(Oc4ccc(C)c(C)c4)cc3C3C(CCCCO)C(CCCCO)C=C(C(=NOC)CC1N(CCOCCO)C(=O)c1ccc(C#N)cc1)C32. The molecule has 12 nitrogen and oxygen atoms in total. The Kier molecular flexibility index (Phi) is 15.6. The maximum absolute atomic E-state index is 14.9. The number of aryl methyl sites for hydroxylation is 2. The van der Waals surface area contributed by atoms with E-state index in [0.29, 0.717) is 41.2 Å². The van der Waals surface area contributed by atoms with Crippen LogP contribution in [-0.4, -0.2) is 97.0 Å². The van der Waals surface area contributed by atoms with Gasteiger partial charge in [0.25, 0.3) is 5.91 Å². The smallest absolute Gasteiger partial charge is 0.254 e. The molecule has 1 aliphatic heterocycles. The lowest BCUT2D eigenvalue weighted by Crippen LogP contribution is -2.70. The molecule has 12 heteroatoms. The number of aliphatic hydroxyl groups excluding tert-OH is 3. The van der Waals surface area contributed by atoms with Crippen LogP contribution in [0.3, 0.4) is 0 Å². The number of carbonyl (C=O) groups excluding carboxylic acids is 1. The van der Waals surface area contributed by atoms with E-state index in [1.165, 1.54) is 12.7 Å². The Bertz CT molecular complexity index is 2040. The van der Waals surface area contributed by atoms with E-state index in [0.717, 1.165) is 48.1 Å². The van der Waals surface area contributed by atoms with Crippen molar-refractivity contribution in [3.05, 3.63) is 113 Å². The van der Waals surface area contributed by atoms with E-state index in [-0.39, 0.29) is 76.3 Å². The Labute approximate surface area is 353 Å². The van der Waals surface area contributed by atoms with Crippen LogP contribution in [-0.2, 0) is 14.3 Å². The molecule has 6 rings (SSSR count). The number of nitriles is 1. The first-order valence-corrected chi connectivity index (χ1v) is 21.1. The van der Waals surface area contributed by atoms with Crippen LogP contribution in [0.2, 0.25) is 0 Å². The van der Waals surface area contributed by atoms with Gasteiger partial charge in [-0.05, 0) is 123 Å². The Morgan fingerprint density at radius 2 is 1.70 bits per heavy atom. The summed E-state index contributed by atoms with van der Waals surface area (Å²) >= 11 is 0. The van der Waals surface area contributed by atoms with Gasteiger partial charge < -0.3 is 44.0 Å². The lowest BCUT2D eigenvalue weighted by atomic mass is 9.55. The number of allylic oxidation sites excluding steroid dienone is 1. The van der Waals surface area contributed by atoms with Crippen molar-refractivity contribution >= 4 is 11.6 Å². The highest BCUT2D eigenvalue weighted by molar-refractivity contribution is 6.03. The van der Waals surface area contributed by atoms with E-state index < -0.39 is 17.7 Å². The predicted octanol–water partition coefficient (Wildman–Crippen LogP) is 7.38. The number of carbonyl (C=O) groups is 1. The Hall–Kier alpha value is -5.03. The van der Waals surface area contributed by atoms with Crippen LogP contribution in [0.15, 0.2) is 90.1 Å². The van der Waals surface area contributed by atoms with Crippen molar-refractivity contribution in [3.63, 3.8) is 0 Å². The maximum atomic E-state index is 14.9. The third-order valence-corrected chi connectivity index (χ3v) is 12.2. The zero-order valence-corrected chi connectivity index (χ0v) is 35.1. The Balaban J connectivity index is 1.58. The lowest BCUT2D eigenvalue weighted by Gasteiger charge is -2.60. The number of fused-ring (bicyclic) bond motifs is 2. The minimum Gasteiger partial charge on any atom is -0.459 e. The van der Waals surface area contributed by atoms with Crippen molar-refractivity contribution in [2.24, 2.45) is 22.9 Å². The maximum Gasteiger partial charge on any atom is 0.254 e. The molecular formula is C48H59N3O9. The number of nitrogens with zero attached hydrogens (tertiary/aromatic N) is 3. The number of unbranched alkanes of at least 4 members (excludes halogenated alkanes) is 2. The highest BCUT2D eigenvalue weighted by atomic mass is 16.7. The summed E-state index contributed by atoms with van der Waals surface area (Å²) in [7, 11) is 1.51. The molecule has 6 atom stereocenters. The summed E-state index contributed by atoms with van der Waals surface area (Å²) in [6.07, 6.45) is 8.71. The number of amides is 1. The summed E-state index contributed by atoms with van der Waals surface area (Å²) in [6.45, 7) is 8.60. The van der Waals surface area contributed by atoms with Crippen molar-refractivity contribution in [2.75, 3.05) is 53.3 Å². The average molecular weight is 822 g/mol. The quantitative estimate of drug-likeness (QED) is 0.0562. The fourth-order valence-corrected chi connectivity index (χ4v) is 9.32. The first-order valence-electron chi connectivity index (χ1n) is 21.1. The van der Waals surface area contributed by atoms with Gasteiger partial charge in [-0.3, -0.25) is 4.79 Å². The van der Waals surface area contributed by atoms with Crippen molar-refractivity contribution in [1.29, 1.82) is 5.26 Å². The molecule has 0 spiro atoms. The summed E-state index contributed by atoms with van der Waals surface area (Å²) in [6, 6.07) is 19.8. The van der Waals surface area contributed by atoms with Gasteiger partial charge in [0.1, 0.15) is 30.4 Å². The standard InChI is InChI=1S/C48H59N3O9/c1-5-24-58-48-44(51(20-25-57-26-23-54)47(55)35-15-13-34(31-49)14-16-35)30-42(50-56-4)40-28-36(10-6-8-21-52)39(11-7-9-22-53)45(46(40)48)41-29-38(18-19-43(41)60-48)59-37-17-12-32(2)33(3)27-37/h5,12-19,27-29,36,39,44-46,52-54H,1,6-11,20-26,30H2,2-4H3. The zero-order valence-electron chi connectivity index (χ0n) is 35.1. The summed E-state index contributed by atoms with van der Waals surface area (Å²) in [5.41, 5.74) is 5.62. The van der Waals surface area contributed by atoms with E-state index in [4.69, 9.17) is 23.8 Å². The summed E-state index contributed by atoms with van der Waals surface area (Å²) in [5.74, 6) is -0.437. The summed E-state index contributed by atoms with van der Waals surface area (Å²) < 4.78 is 26.7. The second-order valence-electron chi connectivity index (χ2n) is 15.8. The molecule has 0 bridgehead atoms. The first-order chi connectivity index (χ1) is 29.2. The molecule has 1 fully saturated rings. The molecule has 0 saturated heterocycles. The van der Waals surface area contributed by atoms with E-state index in [2.05, 4.69) is 43.8 Å². The van der Waals surface area contributed by atoms with Crippen LogP contribution in [0.4, 0.5) is 0 Å². The molecule has 1 saturated carbocycles. The van der Waals surface area contributed by atoms with Crippen molar-refractivity contribution < 1.29 is 43.9 Å².